The summed E-state index contributed by atoms with van der Waals surface area (Å²) in [7, 11) is 0. The van der Waals surface area contributed by atoms with E-state index in [-0.39, 0.29) is 0 Å². The van der Waals surface area contributed by atoms with E-state index in [1.165, 1.54) is 0 Å². The van der Waals surface area contributed by atoms with Gasteiger partial charge in [0, 0.05) is 21.7 Å². The van der Waals surface area contributed by atoms with Crippen LogP contribution in [0.3, 0.4) is 0 Å². The van der Waals surface area contributed by atoms with Gasteiger partial charge in [-0.2, -0.15) is 0 Å². The van der Waals surface area contributed by atoms with E-state index >= 15 is 0 Å². The van der Waals surface area contributed by atoms with Crippen LogP contribution in [0.25, 0.3) is 0 Å². The molecule has 0 amide bonds. The number of hydrogen-bond donors (Lipinski definition) is 1. The number of hydrogen-bond acceptors (Lipinski definition) is 1. The maximum Gasteiger partial charge on any atom is 0.0450 e. The quantitative estimate of drug-likeness (QED) is 0.857. The summed E-state index contributed by atoms with van der Waals surface area (Å²) < 4.78 is 23.1. The summed E-state index contributed by atoms with van der Waals surface area (Å²) in [5.41, 5.74) is 1.91. The third-order valence-corrected chi connectivity index (χ3v) is 3.15. The standard InChI is InChI=1S/C16H18ClN/c1-13(11-14-7-3-2-4-8-14)18-12-15-9-5-6-10-16(15)17/h2-10,13,18H,11-12H2,1H3/t13-/m0/s1/i1D3. The smallest absolute Gasteiger partial charge is 0.0450 e. The Morgan fingerprint density at radius 2 is 1.83 bits per heavy atom. The first-order valence-electron chi connectivity index (χ1n) is 7.47. The topological polar surface area (TPSA) is 12.0 Å². The molecule has 2 aromatic carbocycles. The highest BCUT2D eigenvalue weighted by atomic mass is 35.5. The predicted molar refractivity (Wildman–Crippen MR) is 77.9 cm³/mol. The third kappa shape index (κ3) is 3.86. The Hall–Kier alpha value is -1.31. The highest BCUT2D eigenvalue weighted by Gasteiger charge is 2.04. The Kier molecular flexibility index (Phi) is 3.51. The lowest BCUT2D eigenvalue weighted by molar-refractivity contribution is 0.545. The van der Waals surface area contributed by atoms with Gasteiger partial charge in [0.1, 0.15) is 0 Å². The maximum atomic E-state index is 7.70. The summed E-state index contributed by atoms with van der Waals surface area (Å²) in [4.78, 5) is 0. The Balaban J connectivity index is 2.06. The fourth-order valence-electron chi connectivity index (χ4n) is 1.80. The molecule has 0 aliphatic heterocycles. The molecule has 0 radical (unpaired) electrons. The summed E-state index contributed by atoms with van der Waals surface area (Å²) >= 11 is 6.10. The van der Waals surface area contributed by atoms with Crippen LogP contribution in [0.2, 0.25) is 5.02 Å². The molecular weight excluding hydrogens is 242 g/mol. The van der Waals surface area contributed by atoms with Gasteiger partial charge in [0.15, 0.2) is 0 Å². The van der Waals surface area contributed by atoms with Gasteiger partial charge in [-0.3, -0.25) is 0 Å². The summed E-state index contributed by atoms with van der Waals surface area (Å²) in [6.45, 7) is -1.62. The van der Waals surface area contributed by atoms with Gasteiger partial charge in [0.25, 0.3) is 0 Å². The van der Waals surface area contributed by atoms with Crippen molar-refractivity contribution in [2.45, 2.75) is 25.9 Å². The molecular formula is C16H18ClN. The Morgan fingerprint density at radius 3 is 2.56 bits per heavy atom. The maximum absolute atomic E-state index is 7.70. The van der Waals surface area contributed by atoms with Gasteiger partial charge in [-0.15, -0.1) is 0 Å². The SMILES string of the molecule is [2H]C([2H])([2H])[C@@H](Cc1ccccc1)NCc1ccccc1Cl. The fraction of sp³-hybridized carbons (Fsp3) is 0.250. The van der Waals surface area contributed by atoms with E-state index in [0.29, 0.717) is 18.0 Å². The van der Waals surface area contributed by atoms with Crippen molar-refractivity contribution in [3.05, 3.63) is 70.7 Å². The van der Waals surface area contributed by atoms with E-state index in [0.717, 1.165) is 11.1 Å². The zero-order valence-corrected chi connectivity index (χ0v) is 10.8. The Bertz CT molecular complexity index is 569. The van der Waals surface area contributed by atoms with Gasteiger partial charge in [-0.1, -0.05) is 60.1 Å². The highest BCUT2D eigenvalue weighted by molar-refractivity contribution is 6.31. The van der Waals surface area contributed by atoms with E-state index in [4.69, 9.17) is 15.7 Å². The highest BCUT2D eigenvalue weighted by Crippen LogP contribution is 2.14. The van der Waals surface area contributed by atoms with Crippen LogP contribution in [0.1, 0.15) is 22.1 Å². The minimum absolute atomic E-state index is 0.440. The number of nitrogens with one attached hydrogen (secondary N) is 1. The van der Waals surface area contributed by atoms with Gasteiger partial charge in [0.05, 0.1) is 0 Å². The zero-order valence-electron chi connectivity index (χ0n) is 13.1. The molecule has 0 saturated carbocycles. The van der Waals surface area contributed by atoms with Crippen LogP contribution in [-0.2, 0) is 13.0 Å². The van der Waals surface area contributed by atoms with Crippen molar-refractivity contribution < 1.29 is 4.11 Å². The first kappa shape index (κ1) is 9.60. The second-order valence-corrected chi connectivity index (χ2v) is 4.62. The lowest BCUT2D eigenvalue weighted by Gasteiger charge is -2.14. The molecule has 94 valence electrons. The minimum Gasteiger partial charge on any atom is -0.310 e. The molecule has 18 heavy (non-hydrogen) atoms. The molecule has 0 fully saturated rings. The van der Waals surface area contributed by atoms with Crippen LogP contribution < -0.4 is 5.32 Å². The number of benzene rings is 2. The van der Waals surface area contributed by atoms with Crippen molar-refractivity contribution >= 4 is 11.6 Å². The zero-order chi connectivity index (χ0) is 15.3. The van der Waals surface area contributed by atoms with Gasteiger partial charge in [0.2, 0.25) is 0 Å². The van der Waals surface area contributed by atoms with Crippen molar-refractivity contribution in [3.63, 3.8) is 0 Å². The predicted octanol–water partition coefficient (Wildman–Crippen LogP) is 4.06. The van der Waals surface area contributed by atoms with Crippen molar-refractivity contribution in [1.29, 1.82) is 0 Å². The van der Waals surface area contributed by atoms with Crippen LogP contribution in [0.15, 0.2) is 54.6 Å². The third-order valence-electron chi connectivity index (χ3n) is 2.78. The first-order valence-corrected chi connectivity index (χ1v) is 6.35. The lowest BCUT2D eigenvalue weighted by Crippen LogP contribution is -2.27. The van der Waals surface area contributed by atoms with Crippen LogP contribution in [-0.4, -0.2) is 6.04 Å². The second kappa shape index (κ2) is 6.58. The second-order valence-electron chi connectivity index (χ2n) is 4.21. The molecule has 0 saturated heterocycles. The van der Waals surface area contributed by atoms with Crippen LogP contribution in [0, 0.1) is 0 Å². The molecule has 2 aromatic rings. The van der Waals surface area contributed by atoms with Crippen molar-refractivity contribution in [1.82, 2.24) is 5.32 Å². The monoisotopic (exact) mass is 262 g/mol. The van der Waals surface area contributed by atoms with E-state index in [9.17, 15) is 0 Å². The van der Waals surface area contributed by atoms with Gasteiger partial charge >= 0.3 is 0 Å². The van der Waals surface area contributed by atoms with Gasteiger partial charge in [-0.05, 0) is 30.5 Å². The van der Waals surface area contributed by atoms with E-state index in [1.807, 2.05) is 48.5 Å². The molecule has 0 heterocycles. The lowest BCUT2D eigenvalue weighted by atomic mass is 10.1. The fourth-order valence-corrected chi connectivity index (χ4v) is 2.00. The molecule has 0 aromatic heterocycles. The van der Waals surface area contributed by atoms with Crippen LogP contribution in [0.5, 0.6) is 0 Å². The largest absolute Gasteiger partial charge is 0.310 e. The molecule has 1 nitrogen and oxygen atoms in total. The van der Waals surface area contributed by atoms with E-state index < -0.39 is 12.9 Å². The summed E-state index contributed by atoms with van der Waals surface area (Å²) in [5, 5.41) is 3.77. The first-order chi connectivity index (χ1) is 9.97. The summed E-state index contributed by atoms with van der Waals surface area (Å²) in [5.74, 6) is 0. The molecule has 0 aliphatic rings. The Morgan fingerprint density at radius 1 is 1.11 bits per heavy atom. The molecule has 0 aliphatic carbocycles. The molecule has 2 rings (SSSR count). The molecule has 0 unspecified atom stereocenters. The van der Waals surface area contributed by atoms with E-state index in [1.54, 1.807) is 6.07 Å². The summed E-state index contributed by atoms with van der Waals surface area (Å²) in [6, 6.07) is 16.5. The van der Waals surface area contributed by atoms with Crippen LogP contribution in [0.4, 0.5) is 0 Å². The molecule has 0 bridgehead atoms. The normalized spacial score (nSPS) is 15.5. The van der Waals surface area contributed by atoms with Crippen LogP contribution >= 0.6 is 11.6 Å². The average Bonchev–Trinajstić information content (AvgIpc) is 2.45. The van der Waals surface area contributed by atoms with Crippen molar-refractivity contribution in [2.24, 2.45) is 0 Å². The molecule has 1 atom stereocenters. The van der Waals surface area contributed by atoms with E-state index in [2.05, 4.69) is 5.32 Å². The van der Waals surface area contributed by atoms with Crippen molar-refractivity contribution in [2.75, 3.05) is 0 Å². The van der Waals surface area contributed by atoms with Gasteiger partial charge in [-0.25, -0.2) is 0 Å². The molecule has 0 spiro atoms. The molecule has 2 heteroatoms. The van der Waals surface area contributed by atoms with Gasteiger partial charge < -0.3 is 5.32 Å². The Labute approximate surface area is 118 Å². The number of halogens is 1. The number of rotatable bonds is 5. The average molecular weight is 263 g/mol. The summed E-state index contributed by atoms with van der Waals surface area (Å²) in [6.07, 6.45) is 0.460. The van der Waals surface area contributed by atoms with Crippen molar-refractivity contribution in [3.8, 4) is 0 Å². The minimum atomic E-state index is -2.06. The molecule has 1 N–H and O–H groups in total.